The second kappa shape index (κ2) is 5.47. The first-order valence-electron chi connectivity index (χ1n) is 2.48. The van der Waals surface area contributed by atoms with Gasteiger partial charge in [0, 0.05) is 12.4 Å². The van der Waals surface area contributed by atoms with Crippen LogP contribution in [0, 0.1) is 0 Å². The standard InChI is InChI=1S/C4H4N2S5/c7-9-3-1-5-4(6-2-3)10-11-8/h1-2,7-8H. The van der Waals surface area contributed by atoms with E-state index in [1.807, 2.05) is 0 Å². The van der Waals surface area contributed by atoms with Crippen LogP contribution >= 0.6 is 54.7 Å². The molecule has 0 fully saturated rings. The van der Waals surface area contributed by atoms with E-state index < -0.39 is 0 Å². The number of hydrogen-bond acceptors (Lipinski definition) is 7. The van der Waals surface area contributed by atoms with Crippen molar-refractivity contribution in [2.24, 2.45) is 0 Å². The molecule has 0 saturated heterocycles. The lowest BCUT2D eigenvalue weighted by molar-refractivity contribution is 0.937. The fraction of sp³-hybridized carbons (Fsp3) is 0. The lowest BCUT2D eigenvalue weighted by Gasteiger charge is -1.95. The number of hydrogen-bond donors (Lipinski definition) is 2. The maximum absolute atomic E-state index is 4.05. The van der Waals surface area contributed by atoms with E-state index in [0.717, 1.165) is 10.1 Å². The van der Waals surface area contributed by atoms with Crippen molar-refractivity contribution < 1.29 is 0 Å². The fourth-order valence-corrected chi connectivity index (χ4v) is 2.23. The molecule has 2 nitrogen and oxygen atoms in total. The monoisotopic (exact) mass is 240 g/mol. The molecule has 0 amide bonds. The van der Waals surface area contributed by atoms with E-state index in [0.29, 0.717) is 0 Å². The Hall–Kier alpha value is 0.830. The van der Waals surface area contributed by atoms with Crippen LogP contribution in [-0.4, -0.2) is 9.97 Å². The molecule has 0 unspecified atom stereocenters. The van der Waals surface area contributed by atoms with Gasteiger partial charge < -0.3 is 0 Å². The normalized spacial score (nSPS) is 10.0. The summed E-state index contributed by atoms with van der Waals surface area (Å²) in [4.78, 5) is 9.05. The molecular formula is C4H4N2S5. The highest BCUT2D eigenvalue weighted by atomic mass is 33.5. The summed E-state index contributed by atoms with van der Waals surface area (Å²) in [6, 6.07) is 0. The maximum atomic E-state index is 4.05. The van der Waals surface area contributed by atoms with Gasteiger partial charge in [-0.15, -0.1) is 11.7 Å². The largest absolute Gasteiger partial charge is 0.229 e. The molecule has 60 valence electrons. The molecule has 1 rings (SSSR count). The third-order valence-electron chi connectivity index (χ3n) is 0.822. The first-order chi connectivity index (χ1) is 5.36. The van der Waals surface area contributed by atoms with Crippen LogP contribution in [0.4, 0.5) is 0 Å². The highest BCUT2D eigenvalue weighted by Crippen LogP contribution is 2.31. The van der Waals surface area contributed by atoms with Crippen molar-refractivity contribution in [2.45, 2.75) is 10.1 Å². The van der Waals surface area contributed by atoms with Crippen molar-refractivity contribution in [1.29, 1.82) is 0 Å². The van der Waals surface area contributed by atoms with E-state index in [1.165, 1.54) is 31.4 Å². The Kier molecular flexibility index (Phi) is 4.93. The minimum atomic E-state index is 0.719. The van der Waals surface area contributed by atoms with Crippen molar-refractivity contribution in [2.75, 3.05) is 0 Å². The molecule has 0 aliphatic rings. The quantitative estimate of drug-likeness (QED) is 0.481. The lowest BCUT2D eigenvalue weighted by Crippen LogP contribution is -1.82. The van der Waals surface area contributed by atoms with Crippen LogP contribution in [0.3, 0.4) is 0 Å². The molecule has 0 aliphatic heterocycles. The van der Waals surface area contributed by atoms with E-state index in [9.17, 15) is 0 Å². The Labute approximate surface area is 86.8 Å². The number of rotatable bonds is 3. The molecule has 1 aromatic rings. The van der Waals surface area contributed by atoms with Gasteiger partial charge in [0.15, 0.2) is 5.16 Å². The van der Waals surface area contributed by atoms with E-state index in [4.69, 9.17) is 0 Å². The zero-order valence-electron chi connectivity index (χ0n) is 5.17. The molecule has 0 atom stereocenters. The molecule has 0 saturated carbocycles. The molecule has 7 heteroatoms. The Morgan fingerprint density at radius 2 is 1.82 bits per heavy atom. The van der Waals surface area contributed by atoms with Crippen LogP contribution in [0.25, 0.3) is 0 Å². The Morgan fingerprint density at radius 3 is 2.27 bits per heavy atom. The highest BCUT2D eigenvalue weighted by molar-refractivity contribution is 9.05. The molecule has 0 spiro atoms. The van der Waals surface area contributed by atoms with E-state index in [2.05, 4.69) is 33.3 Å². The molecule has 0 aliphatic carbocycles. The Balaban J connectivity index is 2.66. The predicted octanol–water partition coefficient (Wildman–Crippen LogP) is 3.00. The Bertz CT molecular complexity index is 212. The zero-order valence-corrected chi connectivity index (χ0v) is 9.41. The minimum absolute atomic E-state index is 0.719. The van der Waals surface area contributed by atoms with Gasteiger partial charge in [0.05, 0.1) is 4.90 Å². The highest BCUT2D eigenvalue weighted by Gasteiger charge is 1.96. The number of thiol groups is 2. The average Bonchev–Trinajstić information content (AvgIpc) is 2.07. The van der Waals surface area contributed by atoms with Crippen LogP contribution in [-0.2, 0) is 0 Å². The average molecular weight is 240 g/mol. The Morgan fingerprint density at radius 1 is 1.18 bits per heavy atom. The molecule has 1 heterocycles. The third kappa shape index (κ3) is 3.37. The molecule has 1 aromatic heterocycles. The summed E-state index contributed by atoms with van der Waals surface area (Å²) in [5, 5.41) is 0.719. The van der Waals surface area contributed by atoms with Gasteiger partial charge in [-0.05, 0) is 20.6 Å². The molecular weight excluding hydrogens is 236 g/mol. The van der Waals surface area contributed by atoms with E-state index in [1.54, 1.807) is 12.4 Å². The topological polar surface area (TPSA) is 25.8 Å². The molecule has 0 bridgehead atoms. The van der Waals surface area contributed by atoms with Gasteiger partial charge in [0.1, 0.15) is 0 Å². The van der Waals surface area contributed by atoms with Crippen molar-refractivity contribution in [3.05, 3.63) is 12.4 Å². The van der Waals surface area contributed by atoms with Gasteiger partial charge in [-0.1, -0.05) is 22.5 Å². The van der Waals surface area contributed by atoms with Crippen molar-refractivity contribution in [3.8, 4) is 0 Å². The van der Waals surface area contributed by atoms with Gasteiger partial charge >= 0.3 is 0 Å². The van der Waals surface area contributed by atoms with Crippen LogP contribution in [0.1, 0.15) is 0 Å². The van der Waals surface area contributed by atoms with Gasteiger partial charge in [-0.2, -0.15) is 0 Å². The SMILES string of the molecule is SSSc1ncc(SS)cn1. The number of aromatic nitrogens is 2. The molecule has 0 N–H and O–H groups in total. The van der Waals surface area contributed by atoms with Gasteiger partial charge in [0.25, 0.3) is 0 Å². The van der Waals surface area contributed by atoms with Crippen LogP contribution in [0.5, 0.6) is 0 Å². The predicted molar refractivity (Wildman–Crippen MR) is 59.3 cm³/mol. The van der Waals surface area contributed by atoms with Gasteiger partial charge in [-0.3, -0.25) is 0 Å². The first kappa shape index (κ1) is 9.91. The van der Waals surface area contributed by atoms with Gasteiger partial charge in [0.2, 0.25) is 0 Å². The summed E-state index contributed by atoms with van der Waals surface area (Å²) in [6.07, 6.45) is 3.47. The van der Waals surface area contributed by atoms with Crippen molar-refractivity contribution >= 4 is 54.7 Å². The summed E-state index contributed by atoms with van der Waals surface area (Å²) in [5.74, 6) is 0. The molecule has 0 aromatic carbocycles. The minimum Gasteiger partial charge on any atom is -0.229 e. The van der Waals surface area contributed by atoms with Crippen LogP contribution in [0.15, 0.2) is 22.4 Å². The lowest BCUT2D eigenvalue weighted by atomic mass is 10.7. The summed E-state index contributed by atoms with van der Waals surface area (Å²) in [5.41, 5.74) is 0. The molecule has 11 heavy (non-hydrogen) atoms. The van der Waals surface area contributed by atoms with Crippen molar-refractivity contribution in [1.82, 2.24) is 9.97 Å². The second-order valence-electron chi connectivity index (χ2n) is 1.45. The zero-order chi connectivity index (χ0) is 8.10. The van der Waals surface area contributed by atoms with E-state index in [-0.39, 0.29) is 0 Å². The second-order valence-corrected chi connectivity index (χ2v) is 5.62. The van der Waals surface area contributed by atoms with Crippen molar-refractivity contribution in [3.63, 3.8) is 0 Å². The smallest absolute Gasteiger partial charge is 0.199 e. The first-order valence-corrected chi connectivity index (χ1v) is 7.55. The summed E-state index contributed by atoms with van der Waals surface area (Å²) < 4.78 is 0. The van der Waals surface area contributed by atoms with E-state index >= 15 is 0 Å². The summed E-state index contributed by atoms with van der Waals surface area (Å²) in [6.45, 7) is 0. The van der Waals surface area contributed by atoms with Gasteiger partial charge in [-0.25, -0.2) is 9.97 Å². The van der Waals surface area contributed by atoms with Crippen LogP contribution in [0.2, 0.25) is 0 Å². The van der Waals surface area contributed by atoms with Crippen LogP contribution < -0.4 is 0 Å². The number of nitrogens with zero attached hydrogens (tertiary/aromatic N) is 2. The fourth-order valence-electron chi connectivity index (χ4n) is 0.428. The third-order valence-corrected chi connectivity index (χ3v) is 3.65. The summed E-state index contributed by atoms with van der Waals surface area (Å²) >= 11 is 7.97. The maximum Gasteiger partial charge on any atom is 0.199 e. The summed E-state index contributed by atoms with van der Waals surface area (Å²) in [7, 11) is 4.08. The molecule has 0 radical (unpaired) electrons.